The van der Waals surface area contributed by atoms with Crippen LogP contribution >= 0.6 is 0 Å². The van der Waals surface area contributed by atoms with E-state index in [-0.39, 0.29) is 0 Å². The molecular formula is C10H13N3O. The highest BCUT2D eigenvalue weighted by molar-refractivity contribution is 5.45. The van der Waals surface area contributed by atoms with Crippen LogP contribution in [0.2, 0.25) is 0 Å². The SMILES string of the molecule is Cc1c(NCc2ccco2)cnn1C. The molecule has 2 aromatic heterocycles. The molecule has 0 fully saturated rings. The number of nitrogens with zero attached hydrogens (tertiary/aromatic N) is 2. The molecule has 0 unspecified atom stereocenters. The molecule has 2 heterocycles. The Morgan fingerprint density at radius 3 is 3.00 bits per heavy atom. The highest BCUT2D eigenvalue weighted by atomic mass is 16.3. The van der Waals surface area contributed by atoms with Gasteiger partial charge >= 0.3 is 0 Å². The van der Waals surface area contributed by atoms with Crippen LogP contribution in [0.15, 0.2) is 29.0 Å². The zero-order chi connectivity index (χ0) is 9.97. The van der Waals surface area contributed by atoms with Crippen molar-refractivity contribution in [1.29, 1.82) is 0 Å². The van der Waals surface area contributed by atoms with E-state index in [1.54, 1.807) is 6.26 Å². The van der Waals surface area contributed by atoms with E-state index < -0.39 is 0 Å². The minimum absolute atomic E-state index is 0.694. The molecule has 0 spiro atoms. The smallest absolute Gasteiger partial charge is 0.122 e. The standard InChI is InChI=1S/C10H13N3O/c1-8-10(7-12-13(8)2)11-6-9-4-3-5-14-9/h3-5,7,11H,6H2,1-2H3. The lowest BCUT2D eigenvalue weighted by Crippen LogP contribution is -2.00. The molecular weight excluding hydrogens is 178 g/mol. The molecule has 0 amide bonds. The van der Waals surface area contributed by atoms with Crippen molar-refractivity contribution in [2.24, 2.45) is 7.05 Å². The van der Waals surface area contributed by atoms with E-state index >= 15 is 0 Å². The van der Waals surface area contributed by atoms with Gasteiger partial charge in [0.05, 0.1) is 30.4 Å². The van der Waals surface area contributed by atoms with Gasteiger partial charge in [-0.05, 0) is 19.1 Å². The molecule has 0 bridgehead atoms. The van der Waals surface area contributed by atoms with Crippen molar-refractivity contribution < 1.29 is 4.42 Å². The van der Waals surface area contributed by atoms with Gasteiger partial charge in [0.2, 0.25) is 0 Å². The predicted octanol–water partition coefficient (Wildman–Crippen LogP) is 1.93. The third-order valence-electron chi connectivity index (χ3n) is 2.27. The van der Waals surface area contributed by atoms with Gasteiger partial charge in [0.1, 0.15) is 5.76 Å². The maximum atomic E-state index is 5.21. The van der Waals surface area contributed by atoms with Gasteiger partial charge < -0.3 is 9.73 Å². The second kappa shape index (κ2) is 3.57. The van der Waals surface area contributed by atoms with Gasteiger partial charge in [-0.2, -0.15) is 5.10 Å². The third kappa shape index (κ3) is 1.64. The molecule has 0 aliphatic carbocycles. The number of nitrogens with one attached hydrogen (secondary N) is 1. The molecule has 0 saturated heterocycles. The summed E-state index contributed by atoms with van der Waals surface area (Å²) in [5.74, 6) is 0.924. The molecule has 0 aliphatic rings. The third-order valence-corrected chi connectivity index (χ3v) is 2.27. The number of hydrogen-bond acceptors (Lipinski definition) is 3. The van der Waals surface area contributed by atoms with Crippen molar-refractivity contribution in [2.75, 3.05) is 5.32 Å². The summed E-state index contributed by atoms with van der Waals surface area (Å²) in [4.78, 5) is 0. The van der Waals surface area contributed by atoms with Crippen molar-refractivity contribution in [1.82, 2.24) is 9.78 Å². The highest BCUT2D eigenvalue weighted by Crippen LogP contribution is 2.13. The van der Waals surface area contributed by atoms with Gasteiger partial charge in [-0.25, -0.2) is 0 Å². The van der Waals surface area contributed by atoms with Crippen LogP contribution in [0.3, 0.4) is 0 Å². The van der Waals surface area contributed by atoms with Gasteiger partial charge in [-0.15, -0.1) is 0 Å². The molecule has 14 heavy (non-hydrogen) atoms. The minimum Gasteiger partial charge on any atom is -0.467 e. The summed E-state index contributed by atoms with van der Waals surface area (Å²) in [7, 11) is 1.92. The first-order valence-electron chi connectivity index (χ1n) is 4.52. The zero-order valence-electron chi connectivity index (χ0n) is 8.32. The summed E-state index contributed by atoms with van der Waals surface area (Å²) < 4.78 is 7.05. The Balaban J connectivity index is 2.02. The van der Waals surface area contributed by atoms with E-state index in [0.29, 0.717) is 6.54 Å². The summed E-state index contributed by atoms with van der Waals surface area (Å²) in [5, 5.41) is 7.40. The largest absolute Gasteiger partial charge is 0.467 e. The van der Waals surface area contributed by atoms with Gasteiger partial charge in [-0.3, -0.25) is 4.68 Å². The second-order valence-corrected chi connectivity index (χ2v) is 3.20. The quantitative estimate of drug-likeness (QED) is 0.806. The molecule has 2 aromatic rings. The number of furan rings is 1. The van der Waals surface area contributed by atoms with E-state index in [4.69, 9.17) is 4.42 Å². The Labute approximate surface area is 82.5 Å². The van der Waals surface area contributed by atoms with E-state index in [1.165, 1.54) is 0 Å². The lowest BCUT2D eigenvalue weighted by molar-refractivity contribution is 0.518. The number of aryl methyl sites for hydroxylation is 1. The van der Waals surface area contributed by atoms with Crippen LogP contribution in [0.5, 0.6) is 0 Å². The van der Waals surface area contributed by atoms with Crippen LogP contribution in [0.4, 0.5) is 5.69 Å². The van der Waals surface area contributed by atoms with Crippen LogP contribution in [0, 0.1) is 6.92 Å². The summed E-state index contributed by atoms with van der Waals surface area (Å²) >= 11 is 0. The molecule has 74 valence electrons. The van der Waals surface area contributed by atoms with Gasteiger partial charge in [0.15, 0.2) is 0 Å². The van der Waals surface area contributed by atoms with Gasteiger partial charge in [-0.1, -0.05) is 0 Å². The number of hydrogen-bond donors (Lipinski definition) is 1. The van der Waals surface area contributed by atoms with E-state index in [2.05, 4.69) is 10.4 Å². The molecule has 0 radical (unpaired) electrons. The minimum atomic E-state index is 0.694. The molecule has 0 atom stereocenters. The fourth-order valence-electron chi connectivity index (χ4n) is 1.27. The Morgan fingerprint density at radius 1 is 1.57 bits per heavy atom. The predicted molar refractivity (Wildman–Crippen MR) is 54.0 cm³/mol. The summed E-state index contributed by atoms with van der Waals surface area (Å²) in [6.45, 7) is 2.72. The Kier molecular flexibility index (Phi) is 2.26. The fourth-order valence-corrected chi connectivity index (χ4v) is 1.27. The van der Waals surface area contributed by atoms with Gasteiger partial charge in [0.25, 0.3) is 0 Å². The van der Waals surface area contributed by atoms with Crippen LogP contribution in [-0.2, 0) is 13.6 Å². The zero-order valence-corrected chi connectivity index (χ0v) is 8.32. The molecule has 0 aliphatic heterocycles. The topological polar surface area (TPSA) is 43.0 Å². The van der Waals surface area contributed by atoms with Crippen molar-refractivity contribution in [3.8, 4) is 0 Å². The van der Waals surface area contributed by atoms with Crippen molar-refractivity contribution in [2.45, 2.75) is 13.5 Å². The van der Waals surface area contributed by atoms with Crippen LogP contribution in [0.1, 0.15) is 11.5 Å². The van der Waals surface area contributed by atoms with E-state index in [9.17, 15) is 0 Å². The maximum absolute atomic E-state index is 5.21. The number of anilines is 1. The number of rotatable bonds is 3. The number of aromatic nitrogens is 2. The highest BCUT2D eigenvalue weighted by Gasteiger charge is 2.03. The fraction of sp³-hybridized carbons (Fsp3) is 0.300. The monoisotopic (exact) mass is 191 g/mol. The average molecular weight is 191 g/mol. The van der Waals surface area contributed by atoms with Crippen LogP contribution < -0.4 is 5.32 Å². The Bertz CT molecular complexity index is 403. The first kappa shape index (κ1) is 8.87. The normalized spacial score (nSPS) is 10.4. The molecule has 0 aromatic carbocycles. The average Bonchev–Trinajstić information content (AvgIpc) is 2.77. The summed E-state index contributed by atoms with van der Waals surface area (Å²) in [6.07, 6.45) is 3.49. The Morgan fingerprint density at radius 2 is 2.43 bits per heavy atom. The first-order valence-corrected chi connectivity index (χ1v) is 4.52. The Hall–Kier alpha value is -1.71. The van der Waals surface area contributed by atoms with Crippen molar-refractivity contribution in [3.05, 3.63) is 36.0 Å². The van der Waals surface area contributed by atoms with Crippen molar-refractivity contribution in [3.63, 3.8) is 0 Å². The second-order valence-electron chi connectivity index (χ2n) is 3.20. The lowest BCUT2D eigenvalue weighted by atomic mass is 10.3. The summed E-state index contributed by atoms with van der Waals surface area (Å²) in [6, 6.07) is 3.83. The molecule has 4 nitrogen and oxygen atoms in total. The van der Waals surface area contributed by atoms with Crippen LogP contribution in [-0.4, -0.2) is 9.78 Å². The van der Waals surface area contributed by atoms with Crippen molar-refractivity contribution >= 4 is 5.69 Å². The van der Waals surface area contributed by atoms with E-state index in [0.717, 1.165) is 17.1 Å². The molecule has 0 saturated carbocycles. The first-order chi connectivity index (χ1) is 6.77. The summed E-state index contributed by atoms with van der Waals surface area (Å²) in [5.41, 5.74) is 2.17. The van der Waals surface area contributed by atoms with Crippen LogP contribution in [0.25, 0.3) is 0 Å². The van der Waals surface area contributed by atoms with E-state index in [1.807, 2.05) is 37.0 Å². The van der Waals surface area contributed by atoms with Gasteiger partial charge in [0, 0.05) is 7.05 Å². The molecule has 1 N–H and O–H groups in total. The lowest BCUT2D eigenvalue weighted by Gasteiger charge is -2.02. The molecule has 2 rings (SSSR count). The molecule has 4 heteroatoms. The maximum Gasteiger partial charge on any atom is 0.122 e.